The zero-order chi connectivity index (χ0) is 17.5. The van der Waals surface area contributed by atoms with Crippen molar-refractivity contribution in [2.45, 2.75) is 42.5 Å². The number of amides is 1. The minimum atomic E-state index is -0.428. The van der Waals surface area contributed by atoms with Crippen LogP contribution in [0.5, 0.6) is 0 Å². The molecule has 2 N–H and O–H groups in total. The second-order valence-electron chi connectivity index (χ2n) is 6.26. The molecule has 0 atom stereocenters. The van der Waals surface area contributed by atoms with Crippen molar-refractivity contribution in [1.82, 2.24) is 9.55 Å². The van der Waals surface area contributed by atoms with Gasteiger partial charge in [0.05, 0.1) is 11.1 Å². The van der Waals surface area contributed by atoms with Crippen molar-refractivity contribution >= 4 is 51.0 Å². The Bertz CT molecular complexity index is 883. The fraction of sp³-hybridized carbons (Fsp3) is 0.438. The van der Waals surface area contributed by atoms with Crippen LogP contribution in [0.1, 0.15) is 24.3 Å². The Labute approximate surface area is 152 Å². The van der Waals surface area contributed by atoms with Crippen LogP contribution in [-0.4, -0.2) is 26.0 Å². The van der Waals surface area contributed by atoms with Gasteiger partial charge < -0.3 is 5.73 Å². The molecule has 3 rings (SSSR count). The third-order valence-electron chi connectivity index (χ3n) is 3.81. The zero-order valence-corrected chi connectivity index (χ0v) is 16.1. The first-order valence-electron chi connectivity index (χ1n) is 7.53. The number of hydrogen-bond donors (Lipinski definition) is 1. The fourth-order valence-corrected chi connectivity index (χ4v) is 5.87. The van der Waals surface area contributed by atoms with Gasteiger partial charge in [0, 0.05) is 21.9 Å². The Morgan fingerprint density at radius 2 is 2.29 bits per heavy atom. The van der Waals surface area contributed by atoms with E-state index in [1.807, 2.05) is 11.8 Å². The highest BCUT2D eigenvalue weighted by molar-refractivity contribution is 8.00. The minimum absolute atomic E-state index is 0.0490. The second kappa shape index (κ2) is 6.57. The van der Waals surface area contributed by atoms with Crippen LogP contribution in [0.4, 0.5) is 0 Å². The lowest BCUT2D eigenvalue weighted by Crippen LogP contribution is -2.27. The molecule has 0 spiro atoms. The molecule has 0 fully saturated rings. The highest BCUT2D eigenvalue weighted by Crippen LogP contribution is 2.43. The summed E-state index contributed by atoms with van der Waals surface area (Å²) >= 11 is 4.70. The van der Waals surface area contributed by atoms with Gasteiger partial charge in [-0.25, -0.2) is 4.98 Å². The Hall–Kier alpha value is -1.25. The summed E-state index contributed by atoms with van der Waals surface area (Å²) in [6.45, 7) is 8.50. The average molecular weight is 382 g/mol. The Balaban J connectivity index is 2.19. The lowest BCUT2D eigenvalue weighted by molar-refractivity contribution is -0.115. The largest absolute Gasteiger partial charge is 0.369 e. The minimum Gasteiger partial charge on any atom is -0.369 e. The molecule has 0 aliphatic carbocycles. The lowest BCUT2D eigenvalue weighted by atomic mass is 10.00. The predicted molar refractivity (Wildman–Crippen MR) is 103 cm³/mol. The molecule has 1 aliphatic heterocycles. The summed E-state index contributed by atoms with van der Waals surface area (Å²) in [6.07, 6.45) is 2.54. The van der Waals surface area contributed by atoms with E-state index in [4.69, 9.17) is 5.73 Å². The maximum Gasteiger partial charge on any atom is 0.263 e. The first-order valence-corrected chi connectivity index (χ1v) is 10.3. The van der Waals surface area contributed by atoms with Crippen LogP contribution in [0.2, 0.25) is 0 Å². The molecule has 8 heteroatoms. The predicted octanol–water partition coefficient (Wildman–Crippen LogP) is 2.79. The summed E-state index contributed by atoms with van der Waals surface area (Å²) < 4.78 is 1.71. The molecule has 24 heavy (non-hydrogen) atoms. The van der Waals surface area contributed by atoms with Gasteiger partial charge in [-0.15, -0.1) is 29.7 Å². The normalized spacial score (nSPS) is 16.1. The Morgan fingerprint density at radius 1 is 1.54 bits per heavy atom. The fourth-order valence-electron chi connectivity index (χ4n) is 2.74. The molecule has 128 valence electrons. The van der Waals surface area contributed by atoms with Crippen LogP contribution in [-0.2, 0) is 23.5 Å². The molecule has 0 aromatic carbocycles. The SMILES string of the molecule is C=CCn1c(SCC(N)=O)nc2sc3c(c2c1=O)CC(C)(C)SC3. The van der Waals surface area contributed by atoms with Crippen LogP contribution in [0, 0.1) is 0 Å². The van der Waals surface area contributed by atoms with Crippen molar-refractivity contribution in [2.24, 2.45) is 5.73 Å². The number of aromatic nitrogens is 2. The van der Waals surface area contributed by atoms with Crippen molar-refractivity contribution in [3.05, 3.63) is 33.4 Å². The van der Waals surface area contributed by atoms with E-state index in [2.05, 4.69) is 25.4 Å². The van der Waals surface area contributed by atoms with Crippen molar-refractivity contribution < 1.29 is 4.79 Å². The second-order valence-corrected chi connectivity index (χ2v) is 9.97. The molecule has 0 saturated heterocycles. The number of carbonyl (C=O) groups is 1. The molecule has 2 aromatic rings. The van der Waals surface area contributed by atoms with E-state index in [1.165, 1.54) is 16.6 Å². The number of nitrogens with two attached hydrogens (primary N) is 1. The van der Waals surface area contributed by atoms with Crippen LogP contribution in [0.15, 0.2) is 22.6 Å². The van der Waals surface area contributed by atoms with E-state index in [1.54, 1.807) is 22.0 Å². The Kier molecular flexibility index (Phi) is 4.81. The van der Waals surface area contributed by atoms with Gasteiger partial charge >= 0.3 is 0 Å². The van der Waals surface area contributed by atoms with Crippen LogP contribution in [0.3, 0.4) is 0 Å². The topological polar surface area (TPSA) is 78.0 Å². The van der Waals surface area contributed by atoms with E-state index >= 15 is 0 Å². The summed E-state index contributed by atoms with van der Waals surface area (Å²) in [5, 5.41) is 1.25. The van der Waals surface area contributed by atoms with Crippen molar-refractivity contribution in [1.29, 1.82) is 0 Å². The van der Waals surface area contributed by atoms with Gasteiger partial charge in [0.15, 0.2) is 5.16 Å². The van der Waals surface area contributed by atoms with E-state index < -0.39 is 5.91 Å². The van der Waals surface area contributed by atoms with Gasteiger partial charge in [-0.05, 0) is 12.0 Å². The zero-order valence-electron chi connectivity index (χ0n) is 13.6. The van der Waals surface area contributed by atoms with Gasteiger partial charge in [0.1, 0.15) is 4.83 Å². The van der Waals surface area contributed by atoms with Gasteiger partial charge in [-0.1, -0.05) is 31.7 Å². The van der Waals surface area contributed by atoms with E-state index in [0.29, 0.717) is 11.7 Å². The van der Waals surface area contributed by atoms with Crippen LogP contribution in [0.25, 0.3) is 10.2 Å². The Morgan fingerprint density at radius 3 is 2.96 bits per heavy atom. The molecule has 2 aromatic heterocycles. The summed E-state index contributed by atoms with van der Waals surface area (Å²) in [5.41, 5.74) is 6.32. The van der Waals surface area contributed by atoms with Crippen molar-refractivity contribution in [2.75, 3.05) is 5.75 Å². The number of hydrogen-bond acceptors (Lipinski definition) is 6. The molecule has 0 unspecified atom stereocenters. The number of allylic oxidation sites excluding steroid dienone is 1. The molecular formula is C16H19N3O2S3. The molecule has 1 aliphatic rings. The third kappa shape index (κ3) is 3.27. The molecule has 0 radical (unpaired) electrons. The lowest BCUT2D eigenvalue weighted by Gasteiger charge is -2.28. The van der Waals surface area contributed by atoms with Gasteiger partial charge in [-0.3, -0.25) is 14.2 Å². The average Bonchev–Trinajstić information content (AvgIpc) is 2.84. The maximum atomic E-state index is 13.1. The third-order valence-corrected chi connectivity index (χ3v) is 7.48. The van der Waals surface area contributed by atoms with Crippen LogP contribution >= 0.6 is 34.9 Å². The van der Waals surface area contributed by atoms with Crippen molar-refractivity contribution in [3.8, 4) is 0 Å². The summed E-state index contributed by atoms with van der Waals surface area (Å²) in [6, 6.07) is 0. The standard InChI is InChI=1S/C16H19N3O2S3/c1-4-5-19-14(21)12-9-6-16(2,3)23-7-10(9)24-13(12)18-15(19)22-8-11(17)20/h4H,1,5-8H2,2-3H3,(H2,17,20). The number of thiophene rings is 1. The van der Waals surface area contributed by atoms with E-state index in [0.717, 1.165) is 28.0 Å². The number of primary amides is 1. The van der Waals surface area contributed by atoms with Crippen molar-refractivity contribution in [3.63, 3.8) is 0 Å². The monoisotopic (exact) mass is 381 g/mol. The number of fused-ring (bicyclic) bond motifs is 3. The quantitative estimate of drug-likeness (QED) is 0.489. The van der Waals surface area contributed by atoms with Gasteiger partial charge in [0.2, 0.25) is 5.91 Å². The first-order chi connectivity index (χ1) is 11.3. The maximum absolute atomic E-state index is 13.1. The summed E-state index contributed by atoms with van der Waals surface area (Å²) in [7, 11) is 0. The number of carbonyl (C=O) groups excluding carboxylic acids is 1. The van der Waals surface area contributed by atoms with Gasteiger partial charge in [0.25, 0.3) is 5.56 Å². The molecular weight excluding hydrogens is 362 g/mol. The number of rotatable bonds is 5. The first kappa shape index (κ1) is 17.6. The smallest absolute Gasteiger partial charge is 0.263 e. The van der Waals surface area contributed by atoms with E-state index in [-0.39, 0.29) is 16.1 Å². The van der Waals surface area contributed by atoms with E-state index in [9.17, 15) is 9.59 Å². The molecule has 0 saturated carbocycles. The highest BCUT2D eigenvalue weighted by Gasteiger charge is 2.31. The van der Waals surface area contributed by atoms with Gasteiger partial charge in [-0.2, -0.15) is 0 Å². The molecule has 1 amide bonds. The molecule has 5 nitrogen and oxygen atoms in total. The van der Waals surface area contributed by atoms with Crippen LogP contribution < -0.4 is 11.3 Å². The number of nitrogens with zero attached hydrogens (tertiary/aromatic N) is 2. The number of thioether (sulfide) groups is 2. The summed E-state index contributed by atoms with van der Waals surface area (Å²) in [4.78, 5) is 30.8. The highest BCUT2D eigenvalue weighted by atomic mass is 32.2. The summed E-state index contributed by atoms with van der Waals surface area (Å²) in [5.74, 6) is 0.583. The molecule has 3 heterocycles. The molecule has 0 bridgehead atoms.